The number of benzene rings is 1. The van der Waals surface area contributed by atoms with E-state index in [0.717, 1.165) is 0 Å². The van der Waals surface area contributed by atoms with Crippen LogP contribution in [-0.2, 0) is 10.0 Å². The van der Waals surface area contributed by atoms with Crippen molar-refractivity contribution in [3.05, 3.63) is 29.8 Å². The molecule has 1 rings (SSSR count). The summed E-state index contributed by atoms with van der Waals surface area (Å²) in [5.41, 5.74) is 0.376. The van der Waals surface area contributed by atoms with Crippen LogP contribution in [0.1, 0.15) is 5.56 Å². The van der Waals surface area contributed by atoms with Gasteiger partial charge < -0.3 is 5.11 Å². The van der Waals surface area contributed by atoms with Gasteiger partial charge >= 0.3 is 0 Å². The number of aliphatic hydroxyl groups is 1. The maximum Gasteiger partial charge on any atom is 0.241 e. The lowest BCUT2D eigenvalue weighted by Crippen LogP contribution is -2.19. The zero-order valence-corrected chi connectivity index (χ0v) is 9.00. The third-order valence-electron chi connectivity index (χ3n) is 1.75. The Kier molecular flexibility index (Phi) is 3.86. The van der Waals surface area contributed by atoms with Crippen molar-refractivity contribution in [1.29, 1.82) is 0 Å². The smallest absolute Gasteiger partial charge is 0.241 e. The first kappa shape index (κ1) is 11.7. The molecule has 0 bridgehead atoms. The summed E-state index contributed by atoms with van der Waals surface area (Å²) < 4.78 is 25.3. The number of rotatable bonds is 2. The van der Waals surface area contributed by atoms with E-state index in [-0.39, 0.29) is 11.5 Å². The molecule has 0 aliphatic heterocycles. The Morgan fingerprint density at radius 1 is 1.40 bits per heavy atom. The van der Waals surface area contributed by atoms with E-state index in [9.17, 15) is 8.42 Å². The Morgan fingerprint density at radius 2 is 2.07 bits per heavy atom. The van der Waals surface area contributed by atoms with E-state index in [1.54, 1.807) is 18.2 Å². The standard InChI is InChI=1S/C10H11NO3S/c1-11-15(13,14)10-7-3-2-5-9(10)6-4-8-12/h2-3,5,7,11-12H,8H2,1H3. The number of sulfonamides is 1. The zero-order valence-electron chi connectivity index (χ0n) is 8.19. The SMILES string of the molecule is CNS(=O)(=O)c1ccccc1C#CCO. The maximum atomic E-state index is 11.5. The molecule has 15 heavy (non-hydrogen) atoms. The average Bonchev–Trinajstić information content (AvgIpc) is 2.26. The van der Waals surface area contributed by atoms with E-state index >= 15 is 0 Å². The van der Waals surface area contributed by atoms with Gasteiger partial charge in [-0.15, -0.1) is 0 Å². The summed E-state index contributed by atoms with van der Waals surface area (Å²) >= 11 is 0. The Hall–Kier alpha value is -1.35. The molecule has 0 saturated carbocycles. The highest BCUT2D eigenvalue weighted by molar-refractivity contribution is 7.89. The van der Waals surface area contributed by atoms with Crippen LogP contribution in [0.5, 0.6) is 0 Å². The van der Waals surface area contributed by atoms with Gasteiger partial charge in [0.25, 0.3) is 0 Å². The minimum atomic E-state index is -3.49. The molecule has 5 heteroatoms. The van der Waals surface area contributed by atoms with Crippen molar-refractivity contribution < 1.29 is 13.5 Å². The fraction of sp³-hybridized carbons (Fsp3) is 0.200. The molecule has 0 spiro atoms. The zero-order chi connectivity index (χ0) is 11.3. The molecular weight excluding hydrogens is 214 g/mol. The summed E-state index contributed by atoms with van der Waals surface area (Å²) in [7, 11) is -2.15. The number of hydrogen-bond donors (Lipinski definition) is 2. The molecule has 0 atom stereocenters. The summed E-state index contributed by atoms with van der Waals surface area (Å²) in [4.78, 5) is 0.119. The summed E-state index contributed by atoms with van der Waals surface area (Å²) in [6.45, 7) is -0.298. The quantitative estimate of drug-likeness (QED) is 0.693. The first-order valence-electron chi connectivity index (χ1n) is 4.24. The minimum absolute atomic E-state index is 0.119. The Balaban J connectivity index is 3.30. The Labute approximate surface area is 89.0 Å². The van der Waals surface area contributed by atoms with Gasteiger partial charge in [0.1, 0.15) is 6.61 Å². The van der Waals surface area contributed by atoms with E-state index in [1.807, 2.05) is 0 Å². The molecule has 1 aromatic carbocycles. The lowest BCUT2D eigenvalue weighted by Gasteiger charge is -2.04. The topological polar surface area (TPSA) is 66.4 Å². The number of aliphatic hydroxyl groups excluding tert-OH is 1. The largest absolute Gasteiger partial charge is 0.384 e. The molecule has 0 aliphatic carbocycles. The second-order valence-corrected chi connectivity index (χ2v) is 4.52. The first-order valence-corrected chi connectivity index (χ1v) is 5.72. The van der Waals surface area contributed by atoms with E-state index < -0.39 is 10.0 Å². The van der Waals surface area contributed by atoms with Crippen molar-refractivity contribution in [2.75, 3.05) is 13.7 Å². The molecule has 0 amide bonds. The predicted octanol–water partition coefficient (Wildman–Crippen LogP) is -0.0615. The molecule has 0 radical (unpaired) electrons. The normalized spacial score (nSPS) is 10.5. The van der Waals surface area contributed by atoms with Crippen LogP contribution in [0, 0.1) is 11.8 Å². The van der Waals surface area contributed by atoms with E-state index in [4.69, 9.17) is 5.11 Å². The second-order valence-electron chi connectivity index (χ2n) is 2.66. The van der Waals surface area contributed by atoms with Crippen LogP contribution < -0.4 is 4.72 Å². The van der Waals surface area contributed by atoms with Crippen molar-refractivity contribution in [2.24, 2.45) is 0 Å². The third kappa shape index (κ3) is 2.80. The molecule has 0 heterocycles. The average molecular weight is 225 g/mol. The maximum absolute atomic E-state index is 11.5. The Morgan fingerprint density at radius 3 is 2.67 bits per heavy atom. The van der Waals surface area contributed by atoms with Gasteiger partial charge in [-0.2, -0.15) is 0 Å². The molecule has 0 unspecified atom stereocenters. The molecule has 1 aromatic rings. The fourth-order valence-corrected chi connectivity index (χ4v) is 1.94. The van der Waals surface area contributed by atoms with Crippen LogP contribution >= 0.6 is 0 Å². The molecule has 80 valence electrons. The van der Waals surface area contributed by atoms with Gasteiger partial charge in [-0.05, 0) is 19.2 Å². The highest BCUT2D eigenvalue weighted by Crippen LogP contribution is 2.13. The fourth-order valence-electron chi connectivity index (χ4n) is 1.05. The van der Waals surface area contributed by atoms with Crippen LogP contribution in [0.3, 0.4) is 0 Å². The van der Waals surface area contributed by atoms with Crippen molar-refractivity contribution in [2.45, 2.75) is 4.90 Å². The molecular formula is C10H11NO3S. The highest BCUT2D eigenvalue weighted by Gasteiger charge is 2.14. The van der Waals surface area contributed by atoms with E-state index in [1.165, 1.54) is 13.1 Å². The van der Waals surface area contributed by atoms with Gasteiger partial charge in [0.05, 0.1) is 4.90 Å². The number of hydrogen-bond acceptors (Lipinski definition) is 3. The Bertz CT molecular complexity index is 497. The molecule has 0 saturated heterocycles. The van der Waals surface area contributed by atoms with Crippen molar-refractivity contribution in [1.82, 2.24) is 4.72 Å². The van der Waals surface area contributed by atoms with Gasteiger partial charge in [-0.1, -0.05) is 24.0 Å². The van der Waals surface area contributed by atoms with Gasteiger partial charge in [-0.3, -0.25) is 0 Å². The molecule has 0 fully saturated rings. The van der Waals surface area contributed by atoms with Gasteiger partial charge in [0, 0.05) is 5.56 Å². The van der Waals surface area contributed by atoms with Crippen LogP contribution in [0.25, 0.3) is 0 Å². The van der Waals surface area contributed by atoms with Gasteiger partial charge in [-0.25, -0.2) is 13.1 Å². The van der Waals surface area contributed by atoms with Crippen molar-refractivity contribution >= 4 is 10.0 Å². The third-order valence-corrected chi connectivity index (χ3v) is 3.22. The first-order chi connectivity index (χ1) is 7.11. The molecule has 0 aromatic heterocycles. The molecule has 2 N–H and O–H groups in total. The molecule has 4 nitrogen and oxygen atoms in total. The van der Waals surface area contributed by atoms with E-state index in [2.05, 4.69) is 16.6 Å². The predicted molar refractivity (Wildman–Crippen MR) is 56.7 cm³/mol. The summed E-state index contributed by atoms with van der Waals surface area (Å²) in [6, 6.07) is 6.37. The van der Waals surface area contributed by atoms with Crippen LogP contribution in [0.4, 0.5) is 0 Å². The lowest BCUT2D eigenvalue weighted by atomic mass is 10.2. The number of nitrogens with one attached hydrogen (secondary N) is 1. The summed E-state index contributed by atoms with van der Waals surface area (Å²) in [6.07, 6.45) is 0. The lowest BCUT2D eigenvalue weighted by molar-refractivity contribution is 0.350. The van der Waals surface area contributed by atoms with E-state index in [0.29, 0.717) is 5.56 Å². The van der Waals surface area contributed by atoms with Gasteiger partial charge in [0.2, 0.25) is 10.0 Å². The highest BCUT2D eigenvalue weighted by atomic mass is 32.2. The minimum Gasteiger partial charge on any atom is -0.384 e. The van der Waals surface area contributed by atoms with Gasteiger partial charge in [0.15, 0.2) is 0 Å². The summed E-state index contributed by atoms with van der Waals surface area (Å²) in [5, 5.41) is 8.54. The van der Waals surface area contributed by atoms with Crippen LogP contribution in [0.15, 0.2) is 29.2 Å². The van der Waals surface area contributed by atoms with Crippen LogP contribution in [-0.4, -0.2) is 27.2 Å². The van der Waals surface area contributed by atoms with Crippen LogP contribution in [0.2, 0.25) is 0 Å². The monoisotopic (exact) mass is 225 g/mol. The second kappa shape index (κ2) is 4.94. The van der Waals surface area contributed by atoms with Crippen molar-refractivity contribution in [3.63, 3.8) is 0 Å². The van der Waals surface area contributed by atoms with Crippen molar-refractivity contribution in [3.8, 4) is 11.8 Å². The summed E-state index contributed by atoms with van der Waals surface area (Å²) in [5.74, 6) is 5.00. The molecule has 0 aliphatic rings.